The Morgan fingerprint density at radius 2 is 2.12 bits per heavy atom. The van der Waals surface area contributed by atoms with E-state index in [-0.39, 0.29) is 0 Å². The lowest BCUT2D eigenvalue weighted by Crippen LogP contribution is -2.36. The fourth-order valence-electron chi connectivity index (χ4n) is 2.49. The van der Waals surface area contributed by atoms with E-state index in [2.05, 4.69) is 23.2 Å². The molecule has 0 saturated carbocycles. The highest BCUT2D eigenvalue weighted by Crippen LogP contribution is 2.16. The van der Waals surface area contributed by atoms with E-state index in [1.54, 1.807) is 0 Å². The Morgan fingerprint density at radius 3 is 2.71 bits per heavy atom. The van der Waals surface area contributed by atoms with Crippen LogP contribution in [0.1, 0.15) is 31.3 Å². The van der Waals surface area contributed by atoms with Gasteiger partial charge in [0.25, 0.3) is 0 Å². The van der Waals surface area contributed by atoms with Gasteiger partial charge in [0.2, 0.25) is 0 Å². The zero-order valence-corrected chi connectivity index (χ0v) is 11.0. The van der Waals surface area contributed by atoms with Crippen molar-refractivity contribution in [1.82, 2.24) is 10.2 Å². The lowest BCUT2D eigenvalue weighted by atomic mass is 9.97. The van der Waals surface area contributed by atoms with Gasteiger partial charge in [-0.05, 0) is 64.0 Å². The van der Waals surface area contributed by atoms with Crippen LogP contribution in [0.15, 0.2) is 16.5 Å². The SMILES string of the molecule is CCN1CCC(CNCc2ccc(C)o2)CC1. The quantitative estimate of drug-likeness (QED) is 0.851. The van der Waals surface area contributed by atoms with Crippen LogP contribution in [-0.2, 0) is 6.54 Å². The van der Waals surface area contributed by atoms with Crippen LogP contribution in [-0.4, -0.2) is 31.1 Å². The van der Waals surface area contributed by atoms with Crippen LogP contribution < -0.4 is 5.32 Å². The lowest BCUT2D eigenvalue weighted by molar-refractivity contribution is 0.189. The summed E-state index contributed by atoms with van der Waals surface area (Å²) in [6.45, 7) is 9.96. The predicted octanol–water partition coefficient (Wildman–Crippen LogP) is 2.41. The molecule has 1 aliphatic rings. The Bertz CT molecular complexity index is 327. The summed E-state index contributed by atoms with van der Waals surface area (Å²) >= 11 is 0. The highest BCUT2D eigenvalue weighted by atomic mass is 16.3. The largest absolute Gasteiger partial charge is 0.465 e. The van der Waals surface area contributed by atoms with E-state index in [1.165, 1.54) is 32.5 Å². The third-order valence-corrected chi connectivity index (χ3v) is 3.68. The average Bonchev–Trinajstić information content (AvgIpc) is 2.76. The zero-order chi connectivity index (χ0) is 12.1. The molecule has 17 heavy (non-hydrogen) atoms. The van der Waals surface area contributed by atoms with Gasteiger partial charge >= 0.3 is 0 Å². The Kier molecular flexibility index (Phi) is 4.63. The molecule has 0 bridgehead atoms. The van der Waals surface area contributed by atoms with Crippen molar-refractivity contribution in [2.75, 3.05) is 26.2 Å². The third-order valence-electron chi connectivity index (χ3n) is 3.68. The molecule has 3 nitrogen and oxygen atoms in total. The molecule has 2 rings (SSSR count). The van der Waals surface area contributed by atoms with Gasteiger partial charge in [-0.1, -0.05) is 6.92 Å². The summed E-state index contributed by atoms with van der Waals surface area (Å²) < 4.78 is 5.54. The topological polar surface area (TPSA) is 28.4 Å². The molecule has 0 amide bonds. The number of nitrogens with one attached hydrogen (secondary N) is 1. The highest BCUT2D eigenvalue weighted by Gasteiger charge is 2.17. The molecule has 96 valence electrons. The molecular formula is C14H24N2O. The van der Waals surface area contributed by atoms with Gasteiger partial charge in [0.05, 0.1) is 6.54 Å². The number of furan rings is 1. The predicted molar refractivity (Wildman–Crippen MR) is 70.0 cm³/mol. The Balaban J connectivity index is 1.63. The molecule has 2 heterocycles. The summed E-state index contributed by atoms with van der Waals surface area (Å²) in [4.78, 5) is 2.53. The lowest BCUT2D eigenvalue weighted by Gasteiger charge is -2.31. The van der Waals surface area contributed by atoms with Crippen molar-refractivity contribution in [3.63, 3.8) is 0 Å². The van der Waals surface area contributed by atoms with Gasteiger partial charge in [0.1, 0.15) is 11.5 Å². The van der Waals surface area contributed by atoms with Gasteiger partial charge in [-0.25, -0.2) is 0 Å². The second-order valence-corrected chi connectivity index (χ2v) is 5.02. The van der Waals surface area contributed by atoms with Gasteiger partial charge < -0.3 is 14.6 Å². The minimum Gasteiger partial charge on any atom is -0.465 e. The molecular weight excluding hydrogens is 212 g/mol. The second-order valence-electron chi connectivity index (χ2n) is 5.02. The first-order valence-electron chi connectivity index (χ1n) is 6.76. The summed E-state index contributed by atoms with van der Waals surface area (Å²) in [7, 11) is 0. The van der Waals surface area contributed by atoms with E-state index < -0.39 is 0 Å². The maximum absolute atomic E-state index is 5.54. The summed E-state index contributed by atoms with van der Waals surface area (Å²) in [5.41, 5.74) is 0. The van der Waals surface area contributed by atoms with Crippen LogP contribution in [0.25, 0.3) is 0 Å². The fourth-order valence-corrected chi connectivity index (χ4v) is 2.49. The van der Waals surface area contributed by atoms with Crippen molar-refractivity contribution in [3.05, 3.63) is 23.7 Å². The number of piperidine rings is 1. The molecule has 0 radical (unpaired) electrons. The van der Waals surface area contributed by atoms with E-state index in [4.69, 9.17) is 4.42 Å². The van der Waals surface area contributed by atoms with Crippen LogP contribution in [0, 0.1) is 12.8 Å². The van der Waals surface area contributed by atoms with Gasteiger partial charge in [-0.2, -0.15) is 0 Å². The average molecular weight is 236 g/mol. The Labute approximate surface area is 104 Å². The van der Waals surface area contributed by atoms with Crippen molar-refractivity contribution in [3.8, 4) is 0 Å². The fraction of sp³-hybridized carbons (Fsp3) is 0.714. The van der Waals surface area contributed by atoms with Crippen molar-refractivity contribution >= 4 is 0 Å². The molecule has 0 aliphatic carbocycles. The van der Waals surface area contributed by atoms with Gasteiger partial charge in [-0.3, -0.25) is 0 Å². The van der Waals surface area contributed by atoms with E-state index in [0.717, 1.165) is 30.5 Å². The van der Waals surface area contributed by atoms with E-state index >= 15 is 0 Å². The van der Waals surface area contributed by atoms with Gasteiger partial charge in [0.15, 0.2) is 0 Å². The minimum atomic E-state index is 0.842. The molecule has 0 atom stereocenters. The first-order chi connectivity index (χ1) is 8.28. The minimum absolute atomic E-state index is 0.842. The van der Waals surface area contributed by atoms with Crippen molar-refractivity contribution in [2.45, 2.75) is 33.2 Å². The van der Waals surface area contributed by atoms with Crippen molar-refractivity contribution < 1.29 is 4.42 Å². The number of aryl methyl sites for hydroxylation is 1. The van der Waals surface area contributed by atoms with E-state index in [0.29, 0.717) is 0 Å². The van der Waals surface area contributed by atoms with Gasteiger partial charge in [0, 0.05) is 0 Å². The Hall–Kier alpha value is -0.800. The summed E-state index contributed by atoms with van der Waals surface area (Å²) in [6.07, 6.45) is 2.66. The summed E-state index contributed by atoms with van der Waals surface area (Å²) in [5.74, 6) is 2.89. The van der Waals surface area contributed by atoms with Crippen LogP contribution in [0.3, 0.4) is 0 Å². The van der Waals surface area contributed by atoms with Crippen LogP contribution >= 0.6 is 0 Å². The number of likely N-dealkylation sites (tertiary alicyclic amines) is 1. The molecule has 1 aliphatic heterocycles. The number of hydrogen-bond acceptors (Lipinski definition) is 3. The van der Waals surface area contributed by atoms with E-state index in [9.17, 15) is 0 Å². The van der Waals surface area contributed by atoms with Crippen LogP contribution in [0.4, 0.5) is 0 Å². The first-order valence-corrected chi connectivity index (χ1v) is 6.76. The number of nitrogens with zero attached hydrogens (tertiary/aromatic N) is 1. The molecule has 0 unspecified atom stereocenters. The monoisotopic (exact) mass is 236 g/mol. The van der Waals surface area contributed by atoms with Crippen LogP contribution in [0.5, 0.6) is 0 Å². The molecule has 1 saturated heterocycles. The molecule has 1 aromatic rings. The summed E-state index contributed by atoms with van der Waals surface area (Å²) in [6, 6.07) is 4.08. The smallest absolute Gasteiger partial charge is 0.117 e. The second kappa shape index (κ2) is 6.22. The summed E-state index contributed by atoms with van der Waals surface area (Å²) in [5, 5.41) is 3.51. The number of rotatable bonds is 5. The van der Waals surface area contributed by atoms with Crippen molar-refractivity contribution in [1.29, 1.82) is 0 Å². The maximum atomic E-state index is 5.54. The third kappa shape index (κ3) is 3.86. The maximum Gasteiger partial charge on any atom is 0.117 e. The number of hydrogen-bond donors (Lipinski definition) is 1. The highest BCUT2D eigenvalue weighted by molar-refractivity contribution is 5.05. The standard InChI is InChI=1S/C14H24N2O/c1-3-16-8-6-13(7-9-16)10-15-11-14-5-4-12(2)17-14/h4-5,13,15H,3,6-11H2,1-2H3. The molecule has 0 aromatic carbocycles. The van der Waals surface area contributed by atoms with Gasteiger partial charge in [-0.15, -0.1) is 0 Å². The molecule has 1 N–H and O–H groups in total. The zero-order valence-electron chi connectivity index (χ0n) is 11.0. The van der Waals surface area contributed by atoms with Crippen molar-refractivity contribution in [2.24, 2.45) is 5.92 Å². The van der Waals surface area contributed by atoms with Crippen LogP contribution in [0.2, 0.25) is 0 Å². The molecule has 0 spiro atoms. The Morgan fingerprint density at radius 1 is 1.35 bits per heavy atom. The molecule has 1 aromatic heterocycles. The van der Waals surface area contributed by atoms with E-state index in [1.807, 2.05) is 13.0 Å². The normalized spacial score (nSPS) is 18.7. The first kappa shape index (κ1) is 12.7. The molecule has 3 heteroatoms. The molecule has 1 fully saturated rings.